The minimum Gasteiger partial charge on any atom is -0.424 e. The van der Waals surface area contributed by atoms with Crippen molar-refractivity contribution in [1.82, 2.24) is 25.3 Å². The molecule has 0 spiro atoms. The van der Waals surface area contributed by atoms with Gasteiger partial charge in [0.25, 0.3) is 6.01 Å². The zero-order valence-corrected chi connectivity index (χ0v) is 32.3. The molecule has 1 aliphatic rings. The van der Waals surface area contributed by atoms with Crippen LogP contribution in [0.2, 0.25) is 0 Å². The third-order valence-electron chi connectivity index (χ3n) is 8.03. The van der Waals surface area contributed by atoms with Gasteiger partial charge >= 0.3 is 0 Å². The van der Waals surface area contributed by atoms with Gasteiger partial charge in [0, 0.05) is 43.4 Å². The first-order valence-corrected chi connectivity index (χ1v) is 18.4. The predicted molar refractivity (Wildman–Crippen MR) is 207 cm³/mol. The number of anilines is 3. The average Bonchev–Trinajstić information content (AvgIpc) is 3.74. The lowest BCUT2D eigenvalue weighted by Gasteiger charge is -2.25. The second kappa shape index (κ2) is 28.0. The van der Waals surface area contributed by atoms with E-state index in [1.54, 1.807) is 6.20 Å². The molecular formula is C35H58ClN9O10. The summed E-state index contributed by atoms with van der Waals surface area (Å²) in [5.41, 5.74) is 24.3. The fourth-order valence-electron chi connectivity index (χ4n) is 5.42. The maximum atomic E-state index is 12.3. The van der Waals surface area contributed by atoms with Crippen molar-refractivity contribution in [1.29, 1.82) is 0 Å². The number of amides is 1. The number of hydrogen-bond acceptors (Lipinski definition) is 18. The number of fused-ring (bicyclic) bond motifs is 2. The Morgan fingerprint density at radius 1 is 0.764 bits per heavy atom. The Morgan fingerprint density at radius 2 is 1.31 bits per heavy atom. The van der Waals surface area contributed by atoms with Crippen LogP contribution in [-0.4, -0.2) is 151 Å². The van der Waals surface area contributed by atoms with Gasteiger partial charge < -0.3 is 70.3 Å². The summed E-state index contributed by atoms with van der Waals surface area (Å²) in [6, 6.07) is 3.56. The van der Waals surface area contributed by atoms with Crippen LogP contribution in [0, 0.1) is 0 Å². The Labute approximate surface area is 327 Å². The second-order valence-electron chi connectivity index (χ2n) is 12.0. The number of hydrazine groups is 1. The van der Waals surface area contributed by atoms with Gasteiger partial charge in [0.1, 0.15) is 17.7 Å². The molecule has 20 heteroatoms. The van der Waals surface area contributed by atoms with E-state index < -0.39 is 0 Å². The van der Waals surface area contributed by atoms with Gasteiger partial charge in [0.05, 0.1) is 117 Å². The topological polar surface area (TPSA) is 248 Å². The Bertz CT molecular complexity index is 1480. The molecule has 1 aliphatic heterocycles. The zero-order valence-electron chi connectivity index (χ0n) is 31.5. The highest BCUT2D eigenvalue weighted by molar-refractivity contribution is 5.89. The van der Waals surface area contributed by atoms with Gasteiger partial charge in [0.15, 0.2) is 5.58 Å². The number of carbonyl (C=O) groups excluding carboxylic acids is 1. The van der Waals surface area contributed by atoms with Gasteiger partial charge in [-0.2, -0.15) is 4.98 Å². The van der Waals surface area contributed by atoms with E-state index in [1.165, 1.54) is 6.33 Å². The number of nitrogens with two attached hydrogens (primary N) is 3. The number of unbranched alkanes of at least 4 members (excludes halogenated alkanes) is 1. The summed E-state index contributed by atoms with van der Waals surface area (Å²) in [6.45, 7) is 9.39. The number of benzene rings is 1. The fourth-order valence-corrected chi connectivity index (χ4v) is 5.42. The van der Waals surface area contributed by atoms with Crippen LogP contribution in [-0.2, 0) is 42.7 Å². The van der Waals surface area contributed by atoms with Crippen molar-refractivity contribution in [3.05, 3.63) is 35.8 Å². The van der Waals surface area contributed by atoms with Crippen LogP contribution in [0.1, 0.15) is 36.4 Å². The van der Waals surface area contributed by atoms with E-state index >= 15 is 0 Å². The molecule has 310 valence electrons. The van der Waals surface area contributed by atoms with Crippen LogP contribution >= 0.6 is 12.4 Å². The minimum absolute atomic E-state index is 0. The maximum absolute atomic E-state index is 12.3. The number of ether oxygens (including phenoxy) is 8. The van der Waals surface area contributed by atoms with Crippen LogP contribution < -0.4 is 27.9 Å². The lowest BCUT2D eigenvalue weighted by molar-refractivity contribution is -0.122. The molecule has 2 aromatic heterocycles. The van der Waals surface area contributed by atoms with E-state index in [9.17, 15) is 4.79 Å². The molecule has 0 aliphatic carbocycles. The SMILES string of the molecule is Cl.NCCOCCOCCOCCOCCOCCOCCOCCOCCC(=O)NCCCCN1Nc2ncncc2C1c1ccc2oc(N)nc2c1N. The Balaban J connectivity index is 0.00000812. The van der Waals surface area contributed by atoms with Gasteiger partial charge in [0.2, 0.25) is 5.91 Å². The molecule has 3 aromatic rings. The third kappa shape index (κ3) is 17.1. The predicted octanol–water partition coefficient (Wildman–Crippen LogP) is 1.31. The number of carbonyl (C=O) groups is 1. The second-order valence-corrected chi connectivity index (χ2v) is 12.0. The summed E-state index contributed by atoms with van der Waals surface area (Å²) >= 11 is 0. The summed E-state index contributed by atoms with van der Waals surface area (Å²) in [4.78, 5) is 25.1. The monoisotopic (exact) mass is 799 g/mol. The molecule has 0 fully saturated rings. The largest absolute Gasteiger partial charge is 0.424 e. The maximum Gasteiger partial charge on any atom is 0.293 e. The average molecular weight is 800 g/mol. The molecule has 0 saturated carbocycles. The molecule has 19 nitrogen and oxygen atoms in total. The Hall–Kier alpha value is -3.47. The molecule has 8 N–H and O–H groups in total. The van der Waals surface area contributed by atoms with Gasteiger partial charge in [-0.05, 0) is 18.9 Å². The number of aromatic nitrogens is 3. The number of nitrogen functional groups attached to an aromatic ring is 2. The summed E-state index contributed by atoms with van der Waals surface area (Å²) in [7, 11) is 0. The lowest BCUT2D eigenvalue weighted by atomic mass is 9.98. The Kier molecular flexibility index (Phi) is 23.4. The highest BCUT2D eigenvalue weighted by atomic mass is 35.5. The molecule has 0 radical (unpaired) electrons. The van der Waals surface area contributed by atoms with Gasteiger partial charge in [-0.25, -0.2) is 15.0 Å². The highest BCUT2D eigenvalue weighted by Crippen LogP contribution is 2.42. The minimum atomic E-state index is -0.226. The van der Waals surface area contributed by atoms with E-state index in [0.29, 0.717) is 142 Å². The van der Waals surface area contributed by atoms with Crippen LogP contribution in [0.5, 0.6) is 0 Å². The number of nitrogens with one attached hydrogen (secondary N) is 2. The van der Waals surface area contributed by atoms with Crippen LogP contribution in [0.4, 0.5) is 17.5 Å². The molecule has 0 saturated heterocycles. The van der Waals surface area contributed by atoms with Crippen molar-refractivity contribution in [2.45, 2.75) is 25.3 Å². The normalized spacial score (nSPS) is 13.9. The summed E-state index contributed by atoms with van der Waals surface area (Å²) in [5.74, 6) is 0.664. The van der Waals surface area contributed by atoms with E-state index in [1.807, 2.05) is 12.1 Å². The first-order chi connectivity index (χ1) is 26.6. The molecule has 1 aromatic carbocycles. The van der Waals surface area contributed by atoms with Crippen LogP contribution in [0.3, 0.4) is 0 Å². The van der Waals surface area contributed by atoms with Crippen LogP contribution in [0.15, 0.2) is 29.1 Å². The van der Waals surface area contributed by atoms with Gasteiger partial charge in [-0.15, -0.1) is 12.4 Å². The summed E-state index contributed by atoms with van der Waals surface area (Å²) in [5, 5.41) is 5.03. The van der Waals surface area contributed by atoms with Crippen molar-refractivity contribution in [3.63, 3.8) is 0 Å². The molecule has 1 atom stereocenters. The first kappa shape index (κ1) is 45.9. The lowest BCUT2D eigenvalue weighted by Crippen LogP contribution is -2.31. The fraction of sp³-hybridized carbons (Fsp3) is 0.657. The van der Waals surface area contributed by atoms with Crippen molar-refractivity contribution in [2.75, 3.05) is 142 Å². The molecule has 4 rings (SSSR count). The number of oxazole rings is 1. The van der Waals surface area contributed by atoms with E-state index in [2.05, 4.69) is 30.7 Å². The van der Waals surface area contributed by atoms with Crippen molar-refractivity contribution in [2.24, 2.45) is 5.73 Å². The first-order valence-electron chi connectivity index (χ1n) is 18.4. The molecular weight excluding hydrogens is 742 g/mol. The number of rotatable bonds is 32. The molecule has 1 amide bonds. The standard InChI is InChI=1S/C35H57N9O10.ClH/c36-6-10-47-12-14-49-16-18-51-20-22-53-24-23-52-21-19-50-17-15-48-13-11-46-9-5-30(45)40-7-1-2-8-44-33(28-25-39-26-41-34(28)43-44)27-3-4-29-32(31(27)37)42-35(38)54-29;/h3-4,25-26,33H,1-2,5-24,36-37H2,(H2,38,42)(H,40,45)(H,39,41,43);1H. The van der Waals surface area contributed by atoms with Gasteiger partial charge in [-0.3, -0.25) is 4.79 Å². The van der Waals surface area contributed by atoms with Crippen molar-refractivity contribution in [3.8, 4) is 0 Å². The third-order valence-corrected chi connectivity index (χ3v) is 8.03. The van der Waals surface area contributed by atoms with Crippen molar-refractivity contribution < 1.29 is 47.1 Å². The highest BCUT2D eigenvalue weighted by Gasteiger charge is 2.34. The zero-order chi connectivity index (χ0) is 38.1. The molecule has 1 unspecified atom stereocenters. The molecule has 55 heavy (non-hydrogen) atoms. The quantitative estimate of drug-likeness (QED) is 0.0441. The Morgan fingerprint density at radius 3 is 1.87 bits per heavy atom. The number of nitrogens with zero attached hydrogens (tertiary/aromatic N) is 4. The molecule has 3 heterocycles. The van der Waals surface area contributed by atoms with Crippen LogP contribution in [0.25, 0.3) is 11.1 Å². The molecule has 0 bridgehead atoms. The summed E-state index contributed by atoms with van der Waals surface area (Å²) < 4.78 is 48.9. The van der Waals surface area contributed by atoms with E-state index in [0.717, 1.165) is 29.8 Å². The van der Waals surface area contributed by atoms with Gasteiger partial charge in [-0.1, -0.05) is 6.07 Å². The van der Waals surface area contributed by atoms with E-state index in [4.69, 9.17) is 59.5 Å². The smallest absolute Gasteiger partial charge is 0.293 e. The number of hydrogen-bond donors (Lipinski definition) is 5. The van der Waals surface area contributed by atoms with Crippen molar-refractivity contribution >= 4 is 46.9 Å². The number of halogens is 1. The van der Waals surface area contributed by atoms with E-state index in [-0.39, 0.29) is 36.8 Å². The summed E-state index contributed by atoms with van der Waals surface area (Å²) in [6.07, 6.45) is 5.16.